The van der Waals surface area contributed by atoms with Crippen LogP contribution in [0.15, 0.2) is 0 Å². The molecule has 12 heteroatoms. The van der Waals surface area contributed by atoms with Crippen LogP contribution in [0.1, 0.15) is 0 Å². The van der Waals surface area contributed by atoms with Gasteiger partial charge in [-0.2, -0.15) is 0 Å². The van der Waals surface area contributed by atoms with Gasteiger partial charge in [0.1, 0.15) is 0 Å². The molecule has 0 aromatic carbocycles. The molecule has 0 unspecified atom stereocenters. The van der Waals surface area contributed by atoms with E-state index >= 15 is 0 Å². The second kappa shape index (κ2) is 31.5. The summed E-state index contributed by atoms with van der Waals surface area (Å²) in [6.07, 6.45) is 0. The van der Waals surface area contributed by atoms with Gasteiger partial charge in [0.15, 0.2) is 0 Å². The standard InChI is InChI=1S/C21H47N3O9/c1-23-2-4-25-6-8-27-10-12-29-14-16-31-18-20-33-21-19-32-17-15-30-13-11-28-9-7-26-5-3-24-22/h23-24H,2-22H2,1H3. The zero-order chi connectivity index (χ0) is 23.9. The Balaban J connectivity index is 2.99. The van der Waals surface area contributed by atoms with Crippen LogP contribution < -0.4 is 16.6 Å². The molecule has 0 heterocycles. The summed E-state index contributed by atoms with van der Waals surface area (Å²) in [4.78, 5) is 0. The molecule has 0 aromatic heterocycles. The molecule has 0 aliphatic heterocycles. The Morgan fingerprint density at radius 3 is 0.788 bits per heavy atom. The monoisotopic (exact) mass is 485 g/mol. The lowest BCUT2D eigenvalue weighted by molar-refractivity contribution is -0.0248. The summed E-state index contributed by atoms with van der Waals surface area (Å²) in [7, 11) is 1.90. The highest BCUT2D eigenvalue weighted by molar-refractivity contribution is 4.39. The van der Waals surface area contributed by atoms with Crippen molar-refractivity contribution in [3.8, 4) is 0 Å². The Kier molecular flexibility index (Phi) is 31.1. The van der Waals surface area contributed by atoms with E-state index in [1.165, 1.54) is 0 Å². The Labute approximate surface area is 198 Å². The molecule has 33 heavy (non-hydrogen) atoms. The molecule has 0 spiro atoms. The molecule has 0 bridgehead atoms. The first-order valence-electron chi connectivity index (χ1n) is 11.7. The lowest BCUT2D eigenvalue weighted by Crippen LogP contribution is -2.26. The quantitative estimate of drug-likeness (QED) is 0.0642. The van der Waals surface area contributed by atoms with E-state index in [4.69, 9.17) is 48.5 Å². The Morgan fingerprint density at radius 1 is 0.364 bits per heavy atom. The fraction of sp³-hybridized carbons (Fsp3) is 1.00. The molecule has 200 valence electrons. The average molecular weight is 486 g/mol. The topological polar surface area (TPSA) is 133 Å². The molecular weight excluding hydrogens is 438 g/mol. The number of nitrogens with one attached hydrogen (secondary N) is 2. The summed E-state index contributed by atoms with van der Waals surface area (Å²) in [6.45, 7) is 11.4. The van der Waals surface area contributed by atoms with Crippen LogP contribution in [0.2, 0.25) is 0 Å². The third-order valence-electron chi connectivity index (χ3n) is 3.86. The summed E-state index contributed by atoms with van der Waals surface area (Å²) in [5.74, 6) is 5.13. The SMILES string of the molecule is CNCCOCCOCCOCCOCCOCCOCCOCCOCCOCCNN. The first-order valence-corrected chi connectivity index (χ1v) is 11.7. The zero-order valence-corrected chi connectivity index (χ0v) is 20.4. The average Bonchev–Trinajstić information content (AvgIpc) is 2.83. The number of hydrazine groups is 1. The van der Waals surface area contributed by atoms with E-state index < -0.39 is 0 Å². The normalized spacial score (nSPS) is 11.5. The Hall–Kier alpha value is -0.480. The van der Waals surface area contributed by atoms with Crippen molar-refractivity contribution in [2.45, 2.75) is 0 Å². The third-order valence-corrected chi connectivity index (χ3v) is 3.86. The molecule has 0 fully saturated rings. The highest BCUT2D eigenvalue weighted by atomic mass is 16.6. The summed E-state index contributed by atoms with van der Waals surface area (Å²) in [6, 6.07) is 0. The van der Waals surface area contributed by atoms with Gasteiger partial charge in [-0.25, -0.2) is 0 Å². The minimum atomic E-state index is 0.526. The molecule has 0 saturated carbocycles. The molecule has 0 rings (SSSR count). The number of likely N-dealkylation sites (N-methyl/N-ethyl adjacent to an activating group) is 1. The van der Waals surface area contributed by atoms with Crippen molar-refractivity contribution in [3.63, 3.8) is 0 Å². The largest absolute Gasteiger partial charge is 0.378 e. The van der Waals surface area contributed by atoms with Crippen molar-refractivity contribution >= 4 is 0 Å². The highest BCUT2D eigenvalue weighted by Crippen LogP contribution is 1.86. The summed E-state index contributed by atoms with van der Waals surface area (Å²) >= 11 is 0. The van der Waals surface area contributed by atoms with E-state index in [2.05, 4.69) is 10.7 Å². The van der Waals surface area contributed by atoms with Crippen LogP contribution in [0.3, 0.4) is 0 Å². The van der Waals surface area contributed by atoms with Crippen molar-refractivity contribution < 1.29 is 42.6 Å². The minimum Gasteiger partial charge on any atom is -0.378 e. The van der Waals surface area contributed by atoms with Gasteiger partial charge in [0, 0.05) is 13.1 Å². The number of rotatable bonds is 30. The lowest BCUT2D eigenvalue weighted by Gasteiger charge is -2.09. The molecule has 0 aliphatic carbocycles. The van der Waals surface area contributed by atoms with Crippen molar-refractivity contribution in [2.24, 2.45) is 5.84 Å². The fourth-order valence-electron chi connectivity index (χ4n) is 2.17. The maximum atomic E-state index is 5.44. The predicted molar refractivity (Wildman–Crippen MR) is 123 cm³/mol. The maximum absolute atomic E-state index is 5.44. The van der Waals surface area contributed by atoms with Gasteiger partial charge < -0.3 is 47.9 Å². The molecule has 0 radical (unpaired) electrons. The molecule has 0 saturated heterocycles. The van der Waals surface area contributed by atoms with Gasteiger partial charge in [0.25, 0.3) is 0 Å². The predicted octanol–water partition coefficient (Wildman–Crippen LogP) is -1.18. The second-order valence-corrected chi connectivity index (χ2v) is 6.57. The smallest absolute Gasteiger partial charge is 0.0701 e. The first kappa shape index (κ1) is 32.5. The van der Waals surface area contributed by atoms with E-state index in [9.17, 15) is 0 Å². The molecule has 0 aliphatic rings. The second-order valence-electron chi connectivity index (χ2n) is 6.57. The number of ether oxygens (including phenoxy) is 9. The first-order chi connectivity index (χ1) is 16.4. The van der Waals surface area contributed by atoms with Gasteiger partial charge in [0.2, 0.25) is 0 Å². The van der Waals surface area contributed by atoms with E-state index in [-0.39, 0.29) is 0 Å². The minimum absolute atomic E-state index is 0.526. The van der Waals surface area contributed by atoms with Gasteiger partial charge >= 0.3 is 0 Å². The molecule has 0 amide bonds. The van der Waals surface area contributed by atoms with Crippen molar-refractivity contribution in [3.05, 3.63) is 0 Å². The van der Waals surface area contributed by atoms with E-state index in [0.717, 1.165) is 6.54 Å². The highest BCUT2D eigenvalue weighted by Gasteiger charge is 1.95. The van der Waals surface area contributed by atoms with Crippen LogP contribution in [0, 0.1) is 0 Å². The molecule has 4 N–H and O–H groups in total. The van der Waals surface area contributed by atoms with E-state index in [0.29, 0.717) is 125 Å². The van der Waals surface area contributed by atoms with Crippen molar-refractivity contribution in [1.29, 1.82) is 0 Å². The fourth-order valence-corrected chi connectivity index (χ4v) is 2.17. The van der Waals surface area contributed by atoms with Gasteiger partial charge in [-0.3, -0.25) is 11.3 Å². The molecule has 0 aromatic rings. The summed E-state index contributed by atoms with van der Waals surface area (Å²) < 4.78 is 48.5. The molecular formula is C21H47N3O9. The number of hydrogen-bond donors (Lipinski definition) is 3. The molecule has 12 nitrogen and oxygen atoms in total. The van der Waals surface area contributed by atoms with Crippen LogP contribution in [-0.2, 0) is 42.6 Å². The number of nitrogens with two attached hydrogens (primary N) is 1. The maximum Gasteiger partial charge on any atom is 0.0701 e. The van der Waals surface area contributed by atoms with Crippen LogP contribution in [0.25, 0.3) is 0 Å². The Morgan fingerprint density at radius 2 is 0.576 bits per heavy atom. The van der Waals surface area contributed by atoms with Gasteiger partial charge in [-0.15, -0.1) is 0 Å². The van der Waals surface area contributed by atoms with E-state index in [1.54, 1.807) is 0 Å². The van der Waals surface area contributed by atoms with Crippen LogP contribution >= 0.6 is 0 Å². The van der Waals surface area contributed by atoms with Gasteiger partial charge in [0.05, 0.1) is 119 Å². The third kappa shape index (κ3) is 31.5. The number of hydrogen-bond acceptors (Lipinski definition) is 12. The van der Waals surface area contributed by atoms with Crippen LogP contribution in [0.5, 0.6) is 0 Å². The Bertz CT molecular complexity index is 318. The molecule has 0 atom stereocenters. The summed E-state index contributed by atoms with van der Waals surface area (Å²) in [5.41, 5.74) is 2.52. The van der Waals surface area contributed by atoms with Crippen molar-refractivity contribution in [1.82, 2.24) is 10.7 Å². The lowest BCUT2D eigenvalue weighted by atomic mass is 10.6. The van der Waals surface area contributed by atoms with Crippen LogP contribution in [0.4, 0.5) is 0 Å². The zero-order valence-electron chi connectivity index (χ0n) is 20.4. The van der Waals surface area contributed by atoms with Gasteiger partial charge in [-0.05, 0) is 7.05 Å². The summed E-state index contributed by atoms with van der Waals surface area (Å²) in [5, 5.41) is 3.01. The van der Waals surface area contributed by atoms with Crippen LogP contribution in [-0.4, -0.2) is 139 Å². The van der Waals surface area contributed by atoms with Gasteiger partial charge in [-0.1, -0.05) is 0 Å². The van der Waals surface area contributed by atoms with E-state index in [1.807, 2.05) is 7.05 Å². The van der Waals surface area contributed by atoms with Crippen molar-refractivity contribution in [2.75, 3.05) is 139 Å².